The summed E-state index contributed by atoms with van der Waals surface area (Å²) < 4.78 is 39.3. The second-order valence-corrected chi connectivity index (χ2v) is 7.30. The molecule has 0 amide bonds. The van der Waals surface area contributed by atoms with Crippen molar-refractivity contribution in [1.29, 1.82) is 0 Å². The van der Waals surface area contributed by atoms with E-state index in [0.717, 1.165) is 12.8 Å². The zero-order chi connectivity index (χ0) is 18.6. The molecule has 24 heavy (non-hydrogen) atoms. The maximum absolute atomic E-state index is 14.5. The highest BCUT2D eigenvalue weighted by Gasteiger charge is 2.53. The number of hydrogen-bond donors (Lipinski definition) is 0. The third kappa shape index (κ3) is 4.45. The highest BCUT2D eigenvalue weighted by molar-refractivity contribution is 5.81. The minimum absolute atomic E-state index is 0.160. The number of hydrogen-bond acceptors (Lipinski definition) is 4. The molecule has 0 heterocycles. The lowest BCUT2D eigenvalue weighted by Gasteiger charge is -2.33. The van der Waals surface area contributed by atoms with Crippen LogP contribution >= 0.6 is 0 Å². The van der Waals surface area contributed by atoms with Gasteiger partial charge in [0.1, 0.15) is 5.60 Å². The van der Waals surface area contributed by atoms with Crippen LogP contribution < -0.4 is 0 Å². The summed E-state index contributed by atoms with van der Waals surface area (Å²) in [6.07, 6.45) is 1.93. The Balaban J connectivity index is 2.85. The minimum atomic E-state index is -3.85. The van der Waals surface area contributed by atoms with Gasteiger partial charge in [0.15, 0.2) is 6.10 Å². The number of carbonyl (C=O) groups is 2. The molecule has 0 saturated heterocycles. The smallest absolute Gasteiger partial charge is 0.381 e. The van der Waals surface area contributed by atoms with Crippen molar-refractivity contribution >= 4 is 11.9 Å². The van der Waals surface area contributed by atoms with Gasteiger partial charge in [-0.05, 0) is 58.8 Å². The second-order valence-electron chi connectivity index (χ2n) is 7.30. The van der Waals surface area contributed by atoms with Crippen molar-refractivity contribution in [3.8, 4) is 0 Å². The van der Waals surface area contributed by atoms with Crippen molar-refractivity contribution in [3.63, 3.8) is 0 Å². The van der Waals surface area contributed by atoms with Crippen molar-refractivity contribution in [1.82, 2.24) is 0 Å². The molecular weight excluding hydrogens is 318 g/mol. The van der Waals surface area contributed by atoms with Gasteiger partial charge in [-0.15, -0.1) is 0 Å². The predicted molar refractivity (Wildman–Crippen MR) is 86.8 cm³/mol. The fourth-order valence-electron chi connectivity index (χ4n) is 2.79. The van der Waals surface area contributed by atoms with E-state index in [-0.39, 0.29) is 6.42 Å². The second kappa shape index (κ2) is 7.79. The summed E-state index contributed by atoms with van der Waals surface area (Å²) in [4.78, 5) is 24.2. The van der Waals surface area contributed by atoms with Crippen LogP contribution in [0.15, 0.2) is 0 Å². The van der Waals surface area contributed by atoms with Gasteiger partial charge in [0.2, 0.25) is 0 Å². The number of ether oxygens (including phenoxy) is 2. The van der Waals surface area contributed by atoms with Gasteiger partial charge >= 0.3 is 17.9 Å². The first-order valence-corrected chi connectivity index (χ1v) is 8.87. The third-order valence-electron chi connectivity index (χ3n) is 5.20. The molecule has 4 nitrogen and oxygen atoms in total. The van der Waals surface area contributed by atoms with Crippen LogP contribution in [-0.4, -0.2) is 29.6 Å². The number of carbonyl (C=O) groups excluding carboxylic acids is 2. The lowest BCUT2D eigenvalue weighted by Crippen LogP contribution is -2.49. The standard InChI is InChI=1S/C18H30F2O4/c1-6-13(23-14(21)16(4,5)7-2)18(19,20)15(22)24-17(8-3)11-9-10-12-17/h13H,6-12H2,1-5H3. The third-order valence-corrected chi connectivity index (χ3v) is 5.20. The molecule has 1 aliphatic rings. The van der Waals surface area contributed by atoms with E-state index in [9.17, 15) is 18.4 Å². The van der Waals surface area contributed by atoms with Gasteiger partial charge in [-0.1, -0.05) is 20.8 Å². The minimum Gasteiger partial charge on any atom is -0.455 e. The molecule has 0 aromatic heterocycles. The average Bonchev–Trinajstić information content (AvgIpc) is 3.00. The maximum atomic E-state index is 14.5. The highest BCUT2D eigenvalue weighted by Crippen LogP contribution is 2.39. The molecule has 0 spiro atoms. The van der Waals surface area contributed by atoms with Gasteiger partial charge < -0.3 is 9.47 Å². The summed E-state index contributed by atoms with van der Waals surface area (Å²) in [5.74, 6) is -6.16. The molecule has 0 aromatic carbocycles. The molecular formula is C18H30F2O4. The van der Waals surface area contributed by atoms with Gasteiger partial charge in [0.05, 0.1) is 5.41 Å². The topological polar surface area (TPSA) is 52.6 Å². The van der Waals surface area contributed by atoms with E-state index >= 15 is 0 Å². The zero-order valence-electron chi connectivity index (χ0n) is 15.4. The fourth-order valence-corrected chi connectivity index (χ4v) is 2.79. The summed E-state index contributed by atoms with van der Waals surface area (Å²) in [6.45, 7) is 8.33. The first kappa shape index (κ1) is 20.8. The Morgan fingerprint density at radius 2 is 1.62 bits per heavy atom. The van der Waals surface area contributed by atoms with Crippen molar-refractivity contribution in [3.05, 3.63) is 0 Å². The molecule has 1 atom stereocenters. The molecule has 1 rings (SSSR count). The van der Waals surface area contributed by atoms with Crippen molar-refractivity contribution < 1.29 is 27.8 Å². The molecule has 140 valence electrons. The molecule has 0 aromatic rings. The van der Waals surface area contributed by atoms with Crippen LogP contribution in [0.25, 0.3) is 0 Å². The van der Waals surface area contributed by atoms with Gasteiger partial charge in [0, 0.05) is 0 Å². The Hall–Kier alpha value is -1.20. The number of halogens is 2. The van der Waals surface area contributed by atoms with Crippen LogP contribution in [0.4, 0.5) is 8.78 Å². The molecule has 1 unspecified atom stereocenters. The van der Waals surface area contributed by atoms with Crippen LogP contribution in [-0.2, 0) is 19.1 Å². The van der Waals surface area contributed by atoms with Crippen LogP contribution in [0.5, 0.6) is 0 Å². The number of esters is 2. The summed E-state index contributed by atoms with van der Waals surface area (Å²) in [5, 5.41) is 0. The molecule has 0 aliphatic heterocycles. The summed E-state index contributed by atoms with van der Waals surface area (Å²) in [5.41, 5.74) is -1.67. The normalized spacial score (nSPS) is 19.0. The molecule has 1 aliphatic carbocycles. The van der Waals surface area contributed by atoms with Crippen LogP contribution in [0.1, 0.15) is 79.6 Å². The first-order chi connectivity index (χ1) is 11.0. The van der Waals surface area contributed by atoms with Crippen molar-refractivity contribution in [2.24, 2.45) is 5.41 Å². The maximum Gasteiger partial charge on any atom is 0.381 e. The van der Waals surface area contributed by atoms with E-state index in [1.165, 1.54) is 6.92 Å². The Labute approximate surface area is 143 Å². The van der Waals surface area contributed by atoms with E-state index in [2.05, 4.69) is 0 Å². The van der Waals surface area contributed by atoms with E-state index in [0.29, 0.717) is 25.7 Å². The molecule has 1 saturated carbocycles. The van der Waals surface area contributed by atoms with Crippen LogP contribution in [0.3, 0.4) is 0 Å². The number of rotatable bonds is 8. The first-order valence-electron chi connectivity index (χ1n) is 8.87. The van der Waals surface area contributed by atoms with Crippen LogP contribution in [0.2, 0.25) is 0 Å². The van der Waals surface area contributed by atoms with E-state index in [1.807, 2.05) is 6.92 Å². The van der Waals surface area contributed by atoms with Gasteiger partial charge in [0.25, 0.3) is 0 Å². The van der Waals surface area contributed by atoms with Crippen molar-refractivity contribution in [2.45, 2.75) is 97.2 Å². The summed E-state index contributed by atoms with van der Waals surface area (Å²) in [6, 6.07) is 0. The molecule has 0 bridgehead atoms. The molecule has 0 radical (unpaired) electrons. The Kier molecular flexibility index (Phi) is 6.76. The molecule has 1 fully saturated rings. The van der Waals surface area contributed by atoms with Gasteiger partial charge in [-0.2, -0.15) is 8.78 Å². The zero-order valence-corrected chi connectivity index (χ0v) is 15.4. The predicted octanol–water partition coefficient (Wildman–Crippen LogP) is 4.65. The van der Waals surface area contributed by atoms with Crippen LogP contribution in [0, 0.1) is 5.41 Å². The Morgan fingerprint density at radius 1 is 1.08 bits per heavy atom. The average molecular weight is 348 g/mol. The lowest BCUT2D eigenvalue weighted by molar-refractivity contribution is -0.212. The largest absolute Gasteiger partial charge is 0.455 e. The molecule has 0 N–H and O–H groups in total. The van der Waals surface area contributed by atoms with E-state index < -0.39 is 35.0 Å². The fraction of sp³-hybridized carbons (Fsp3) is 0.889. The van der Waals surface area contributed by atoms with Gasteiger partial charge in [-0.25, -0.2) is 4.79 Å². The summed E-state index contributed by atoms with van der Waals surface area (Å²) >= 11 is 0. The van der Waals surface area contributed by atoms with E-state index in [4.69, 9.17) is 9.47 Å². The monoisotopic (exact) mass is 348 g/mol. The van der Waals surface area contributed by atoms with Gasteiger partial charge in [-0.3, -0.25) is 4.79 Å². The van der Waals surface area contributed by atoms with E-state index in [1.54, 1.807) is 20.8 Å². The lowest BCUT2D eigenvalue weighted by atomic mass is 9.90. The quantitative estimate of drug-likeness (QED) is 0.599. The Bertz CT molecular complexity index is 454. The number of alkyl halides is 2. The summed E-state index contributed by atoms with van der Waals surface area (Å²) in [7, 11) is 0. The molecule has 6 heteroatoms. The SMILES string of the molecule is CCC(OC(=O)C(C)(C)CC)C(F)(F)C(=O)OC1(CC)CCCC1. The Morgan fingerprint density at radius 3 is 2.04 bits per heavy atom. The highest BCUT2D eigenvalue weighted by atomic mass is 19.3. The van der Waals surface area contributed by atoms with Crippen molar-refractivity contribution in [2.75, 3.05) is 0 Å².